The van der Waals surface area contributed by atoms with Crippen molar-refractivity contribution < 1.29 is 19.0 Å². The molecule has 0 radical (unpaired) electrons. The average Bonchev–Trinajstić information content (AvgIpc) is 3.17. The molecule has 1 aliphatic rings. The summed E-state index contributed by atoms with van der Waals surface area (Å²) < 4.78 is 16.5. The van der Waals surface area contributed by atoms with E-state index in [1.54, 1.807) is 31.3 Å². The van der Waals surface area contributed by atoms with Gasteiger partial charge in [0.2, 0.25) is 0 Å². The van der Waals surface area contributed by atoms with Crippen LogP contribution in [0.4, 0.5) is 5.69 Å². The Kier molecular flexibility index (Phi) is 8.93. The maximum absolute atomic E-state index is 13.3. The van der Waals surface area contributed by atoms with E-state index in [1.807, 2.05) is 60.7 Å². The van der Waals surface area contributed by atoms with Gasteiger partial charge >= 0.3 is 0 Å². The second-order valence-corrected chi connectivity index (χ2v) is 9.57. The number of carbonyl (C=O) groups is 1. The molecule has 1 heterocycles. The molecule has 6 nitrogen and oxygen atoms in total. The first-order valence-corrected chi connectivity index (χ1v) is 12.6. The second-order valence-electron chi connectivity index (χ2n) is 7.71. The largest absolute Gasteiger partial charge is 0.497 e. The van der Waals surface area contributed by atoms with Gasteiger partial charge in [-0.3, -0.25) is 9.69 Å². The molecular weight excluding hydrogens is 519 g/mol. The van der Waals surface area contributed by atoms with E-state index >= 15 is 0 Å². The third kappa shape index (κ3) is 6.42. The predicted octanol–water partition coefficient (Wildman–Crippen LogP) is 6.83. The van der Waals surface area contributed by atoms with Gasteiger partial charge in [0.25, 0.3) is 5.91 Å². The highest BCUT2D eigenvalue weighted by atomic mass is 35.5. The Labute approximate surface area is 224 Å². The number of amidine groups is 1. The number of aliphatic imine (C=N–C) groups is 1. The highest BCUT2D eigenvalue weighted by Crippen LogP contribution is 2.36. The molecule has 0 spiro atoms. The van der Waals surface area contributed by atoms with Gasteiger partial charge in [-0.1, -0.05) is 47.5 Å². The van der Waals surface area contributed by atoms with Crippen LogP contribution in [0.2, 0.25) is 10.0 Å². The minimum absolute atomic E-state index is 0.139. The third-order valence-corrected chi connectivity index (χ3v) is 6.90. The van der Waals surface area contributed by atoms with E-state index < -0.39 is 0 Å². The van der Waals surface area contributed by atoms with Crippen molar-refractivity contribution in [3.05, 3.63) is 92.8 Å². The minimum Gasteiger partial charge on any atom is -0.497 e. The van der Waals surface area contributed by atoms with Crippen LogP contribution in [0.15, 0.2) is 76.6 Å². The van der Waals surface area contributed by atoms with Crippen LogP contribution in [0.5, 0.6) is 11.5 Å². The molecule has 3 aromatic rings. The van der Waals surface area contributed by atoms with E-state index in [0.717, 1.165) is 22.6 Å². The van der Waals surface area contributed by atoms with Crippen molar-refractivity contribution in [2.45, 2.75) is 6.61 Å². The summed E-state index contributed by atoms with van der Waals surface area (Å²) in [6, 6.07) is 20.2. The summed E-state index contributed by atoms with van der Waals surface area (Å²) in [5.74, 6) is 1.23. The summed E-state index contributed by atoms with van der Waals surface area (Å²) in [7, 11) is 3.22. The van der Waals surface area contributed by atoms with Crippen molar-refractivity contribution in [3.8, 4) is 11.5 Å². The fraction of sp³-hybridized carbons (Fsp3) is 0.185. The molecule has 4 rings (SSSR count). The first-order chi connectivity index (χ1) is 17.5. The molecule has 0 unspecified atom stereocenters. The van der Waals surface area contributed by atoms with Crippen LogP contribution in [-0.4, -0.2) is 43.3 Å². The van der Waals surface area contributed by atoms with Crippen molar-refractivity contribution in [2.24, 2.45) is 4.99 Å². The van der Waals surface area contributed by atoms with Crippen LogP contribution >= 0.6 is 35.0 Å². The number of thioether (sulfide) groups is 1. The van der Waals surface area contributed by atoms with E-state index in [4.69, 9.17) is 42.4 Å². The highest BCUT2D eigenvalue weighted by molar-refractivity contribution is 8.18. The zero-order valence-electron chi connectivity index (χ0n) is 19.7. The molecule has 186 valence electrons. The standard InChI is InChI=1S/C27H24Cl2N2O4S/c1-33-14-13-31-26(32)25(36-27(31)30-21-9-11-22(34-2)12-10-21)15-18-5-3-4-6-24(18)35-17-19-7-8-20(28)16-23(19)29/h3-12,15-16H,13-14,17H2,1-2H3/b25-15-,30-27?. The summed E-state index contributed by atoms with van der Waals surface area (Å²) in [5.41, 5.74) is 2.31. The first-order valence-electron chi connectivity index (χ1n) is 11.1. The molecular formula is C27H24Cl2N2O4S. The lowest BCUT2D eigenvalue weighted by Crippen LogP contribution is -2.32. The van der Waals surface area contributed by atoms with E-state index in [9.17, 15) is 4.79 Å². The first kappa shape index (κ1) is 26.1. The predicted molar refractivity (Wildman–Crippen MR) is 146 cm³/mol. The van der Waals surface area contributed by atoms with Gasteiger partial charge in [0.05, 0.1) is 30.9 Å². The number of hydrogen-bond donors (Lipinski definition) is 0. The van der Waals surface area contributed by atoms with Gasteiger partial charge in [0.1, 0.15) is 18.1 Å². The van der Waals surface area contributed by atoms with Crippen LogP contribution in [0.1, 0.15) is 11.1 Å². The average molecular weight is 543 g/mol. The number of para-hydroxylation sites is 1. The Morgan fingerprint density at radius 3 is 2.53 bits per heavy atom. The van der Waals surface area contributed by atoms with Gasteiger partial charge in [0.15, 0.2) is 5.17 Å². The Morgan fingerprint density at radius 1 is 1.03 bits per heavy atom. The van der Waals surface area contributed by atoms with E-state index in [1.165, 1.54) is 11.8 Å². The van der Waals surface area contributed by atoms with Crippen LogP contribution in [0, 0.1) is 0 Å². The molecule has 1 aliphatic heterocycles. The topological polar surface area (TPSA) is 60.4 Å². The van der Waals surface area contributed by atoms with Crippen molar-refractivity contribution in [1.29, 1.82) is 0 Å². The van der Waals surface area contributed by atoms with E-state index in [2.05, 4.69) is 0 Å². The fourth-order valence-corrected chi connectivity index (χ4v) is 4.88. The Balaban J connectivity index is 1.59. The van der Waals surface area contributed by atoms with Crippen LogP contribution < -0.4 is 9.47 Å². The number of benzene rings is 3. The third-order valence-electron chi connectivity index (χ3n) is 5.31. The Bertz CT molecular complexity index is 1300. The molecule has 0 bridgehead atoms. The van der Waals surface area contributed by atoms with Crippen LogP contribution in [0.3, 0.4) is 0 Å². The van der Waals surface area contributed by atoms with E-state index in [0.29, 0.717) is 39.0 Å². The molecule has 3 aromatic carbocycles. The number of carbonyl (C=O) groups excluding carboxylic acids is 1. The van der Waals surface area contributed by atoms with Crippen molar-refractivity contribution in [3.63, 3.8) is 0 Å². The minimum atomic E-state index is -0.139. The van der Waals surface area contributed by atoms with Gasteiger partial charge in [-0.2, -0.15) is 0 Å². The quantitative estimate of drug-likeness (QED) is 0.277. The Morgan fingerprint density at radius 2 is 1.81 bits per heavy atom. The number of hydrogen-bond acceptors (Lipinski definition) is 6. The summed E-state index contributed by atoms with van der Waals surface area (Å²) in [6.45, 7) is 1.05. The maximum atomic E-state index is 13.3. The van der Waals surface area contributed by atoms with Crippen molar-refractivity contribution in [2.75, 3.05) is 27.4 Å². The van der Waals surface area contributed by atoms with Crippen LogP contribution in [0.25, 0.3) is 6.08 Å². The van der Waals surface area contributed by atoms with Crippen LogP contribution in [-0.2, 0) is 16.1 Å². The number of methoxy groups -OCH3 is 2. The summed E-state index contributed by atoms with van der Waals surface area (Å²) in [5, 5.41) is 1.68. The molecule has 0 N–H and O–H groups in total. The van der Waals surface area contributed by atoms with Gasteiger partial charge < -0.3 is 14.2 Å². The maximum Gasteiger partial charge on any atom is 0.266 e. The summed E-state index contributed by atoms with van der Waals surface area (Å²) in [6.07, 6.45) is 1.82. The molecule has 0 aliphatic carbocycles. The zero-order chi connectivity index (χ0) is 25.5. The molecule has 1 amide bonds. The smallest absolute Gasteiger partial charge is 0.266 e. The number of rotatable bonds is 9. The normalized spacial score (nSPS) is 15.7. The molecule has 0 saturated carbocycles. The summed E-state index contributed by atoms with van der Waals surface area (Å²) in [4.78, 5) is 20.2. The number of halogens is 2. The molecule has 9 heteroatoms. The lowest BCUT2D eigenvalue weighted by Gasteiger charge is -2.14. The van der Waals surface area contributed by atoms with Crippen molar-refractivity contribution in [1.82, 2.24) is 4.90 Å². The summed E-state index contributed by atoms with van der Waals surface area (Å²) >= 11 is 13.6. The monoisotopic (exact) mass is 542 g/mol. The fourth-order valence-electron chi connectivity index (χ4n) is 3.41. The molecule has 0 aromatic heterocycles. The SMILES string of the molecule is COCCN1C(=O)/C(=C/c2ccccc2OCc2ccc(Cl)cc2Cl)SC1=Nc1ccc(OC)cc1. The molecule has 36 heavy (non-hydrogen) atoms. The lowest BCUT2D eigenvalue weighted by atomic mass is 10.1. The second kappa shape index (κ2) is 12.3. The van der Waals surface area contributed by atoms with Gasteiger partial charge in [0, 0.05) is 28.3 Å². The number of amides is 1. The lowest BCUT2D eigenvalue weighted by molar-refractivity contribution is -0.122. The van der Waals surface area contributed by atoms with Crippen molar-refractivity contribution >= 4 is 57.8 Å². The Hall–Kier alpha value is -2.97. The van der Waals surface area contributed by atoms with Gasteiger partial charge in [-0.25, -0.2) is 4.99 Å². The number of nitrogens with zero attached hydrogens (tertiary/aromatic N) is 2. The zero-order valence-corrected chi connectivity index (χ0v) is 22.1. The van der Waals surface area contributed by atoms with Gasteiger partial charge in [-0.05, 0) is 60.3 Å². The highest BCUT2D eigenvalue weighted by Gasteiger charge is 2.33. The molecule has 1 fully saturated rings. The van der Waals surface area contributed by atoms with E-state index in [-0.39, 0.29) is 12.5 Å². The molecule has 1 saturated heterocycles. The number of ether oxygens (including phenoxy) is 3. The van der Waals surface area contributed by atoms with Gasteiger partial charge in [-0.15, -0.1) is 0 Å². The molecule has 0 atom stereocenters.